The van der Waals surface area contributed by atoms with E-state index in [1.165, 1.54) is 6.07 Å². The van der Waals surface area contributed by atoms with Crippen LogP contribution in [0.5, 0.6) is 0 Å². The number of carbonyl (C=O) groups excluding carboxylic acids is 1. The first kappa shape index (κ1) is 15.9. The highest BCUT2D eigenvalue weighted by molar-refractivity contribution is 7.07. The van der Waals surface area contributed by atoms with Gasteiger partial charge in [-0.25, -0.2) is 13.6 Å². The van der Waals surface area contributed by atoms with Crippen molar-refractivity contribution in [1.29, 1.82) is 0 Å². The number of hydrogen-bond donors (Lipinski definition) is 2. The van der Waals surface area contributed by atoms with Crippen molar-refractivity contribution in [2.75, 3.05) is 6.61 Å². The van der Waals surface area contributed by atoms with Gasteiger partial charge in [0.15, 0.2) is 11.6 Å². The van der Waals surface area contributed by atoms with E-state index < -0.39 is 17.7 Å². The zero-order valence-corrected chi connectivity index (χ0v) is 13.0. The largest absolute Gasteiger partial charge is 0.371 e. The smallest absolute Gasteiger partial charge is 0.315 e. The summed E-state index contributed by atoms with van der Waals surface area (Å²) in [5.41, 5.74) is 1.55. The lowest BCUT2D eigenvalue weighted by Crippen LogP contribution is -2.43. The van der Waals surface area contributed by atoms with Crippen molar-refractivity contribution >= 4 is 17.4 Å². The van der Waals surface area contributed by atoms with Crippen LogP contribution < -0.4 is 10.6 Å². The van der Waals surface area contributed by atoms with Crippen molar-refractivity contribution in [3.8, 4) is 0 Å². The van der Waals surface area contributed by atoms with Gasteiger partial charge in [0.2, 0.25) is 0 Å². The van der Waals surface area contributed by atoms with E-state index in [1.54, 1.807) is 11.3 Å². The SMILES string of the molecule is O=C(NCc1ccsc1)N[C@H]1CCO[C@@H]1c1ccc(F)c(F)c1. The normalized spacial score (nSPS) is 20.4. The first-order valence-corrected chi connectivity index (χ1v) is 8.20. The summed E-state index contributed by atoms with van der Waals surface area (Å²) in [7, 11) is 0. The van der Waals surface area contributed by atoms with Crippen molar-refractivity contribution in [1.82, 2.24) is 10.6 Å². The van der Waals surface area contributed by atoms with E-state index in [2.05, 4.69) is 10.6 Å². The third-order valence-corrected chi connectivity index (χ3v) is 4.45. The lowest BCUT2D eigenvalue weighted by Gasteiger charge is -2.20. The number of ether oxygens (including phenoxy) is 1. The molecule has 2 N–H and O–H groups in total. The molecule has 0 radical (unpaired) electrons. The Hall–Kier alpha value is -1.99. The minimum absolute atomic E-state index is 0.276. The van der Waals surface area contributed by atoms with Crippen LogP contribution in [0.2, 0.25) is 0 Å². The van der Waals surface area contributed by atoms with Crippen LogP contribution in [0, 0.1) is 11.6 Å². The summed E-state index contributed by atoms with van der Waals surface area (Å²) in [4.78, 5) is 12.0. The van der Waals surface area contributed by atoms with Crippen LogP contribution in [0.15, 0.2) is 35.0 Å². The molecule has 3 rings (SSSR count). The van der Waals surface area contributed by atoms with Gasteiger partial charge in [-0.1, -0.05) is 6.07 Å². The Morgan fingerprint density at radius 1 is 1.30 bits per heavy atom. The van der Waals surface area contributed by atoms with E-state index in [1.807, 2.05) is 16.8 Å². The summed E-state index contributed by atoms with van der Waals surface area (Å²) in [6, 6.07) is 5.02. The second-order valence-corrected chi connectivity index (χ2v) is 6.10. The topological polar surface area (TPSA) is 50.4 Å². The molecule has 1 aromatic heterocycles. The predicted molar refractivity (Wildman–Crippen MR) is 83.1 cm³/mol. The maximum atomic E-state index is 13.4. The molecule has 1 aromatic carbocycles. The second kappa shape index (κ2) is 7.06. The summed E-state index contributed by atoms with van der Waals surface area (Å²) in [5, 5.41) is 9.51. The highest BCUT2D eigenvalue weighted by Crippen LogP contribution is 2.30. The first-order valence-electron chi connectivity index (χ1n) is 7.25. The average molecular weight is 338 g/mol. The summed E-state index contributed by atoms with van der Waals surface area (Å²) in [6.07, 6.45) is 0.146. The number of benzene rings is 1. The number of carbonyl (C=O) groups is 1. The van der Waals surface area contributed by atoms with Crippen molar-refractivity contribution in [2.24, 2.45) is 0 Å². The number of halogens is 2. The van der Waals surface area contributed by atoms with Crippen LogP contribution in [0.25, 0.3) is 0 Å². The van der Waals surface area contributed by atoms with Gasteiger partial charge in [-0.15, -0.1) is 0 Å². The van der Waals surface area contributed by atoms with E-state index in [0.29, 0.717) is 25.1 Å². The van der Waals surface area contributed by atoms with Gasteiger partial charge in [-0.3, -0.25) is 0 Å². The average Bonchev–Trinajstić information content (AvgIpc) is 3.19. The van der Waals surface area contributed by atoms with E-state index in [4.69, 9.17) is 4.74 Å². The van der Waals surface area contributed by atoms with E-state index >= 15 is 0 Å². The quantitative estimate of drug-likeness (QED) is 0.898. The molecule has 2 heterocycles. The monoisotopic (exact) mass is 338 g/mol. The van der Waals surface area contributed by atoms with E-state index in [-0.39, 0.29) is 12.1 Å². The lowest BCUT2D eigenvalue weighted by molar-refractivity contribution is 0.0995. The van der Waals surface area contributed by atoms with Gasteiger partial charge in [0.1, 0.15) is 6.10 Å². The maximum Gasteiger partial charge on any atom is 0.315 e. The molecule has 122 valence electrons. The van der Waals surface area contributed by atoms with Crippen LogP contribution >= 0.6 is 11.3 Å². The summed E-state index contributed by atoms with van der Waals surface area (Å²) in [6.45, 7) is 0.901. The van der Waals surface area contributed by atoms with Gasteiger partial charge in [-0.05, 0) is 46.5 Å². The maximum absolute atomic E-state index is 13.4. The van der Waals surface area contributed by atoms with Crippen LogP contribution in [-0.2, 0) is 11.3 Å². The molecule has 0 bridgehead atoms. The molecule has 0 saturated carbocycles. The lowest BCUT2D eigenvalue weighted by atomic mass is 10.0. The number of thiophene rings is 1. The van der Waals surface area contributed by atoms with Gasteiger partial charge in [0, 0.05) is 13.2 Å². The molecule has 2 amide bonds. The molecule has 7 heteroatoms. The fraction of sp³-hybridized carbons (Fsp3) is 0.312. The Balaban J connectivity index is 1.60. The highest BCUT2D eigenvalue weighted by atomic mass is 32.1. The molecule has 0 unspecified atom stereocenters. The molecule has 2 atom stereocenters. The fourth-order valence-electron chi connectivity index (χ4n) is 2.55. The third kappa shape index (κ3) is 3.86. The Morgan fingerprint density at radius 3 is 2.91 bits per heavy atom. The van der Waals surface area contributed by atoms with Gasteiger partial charge in [0.25, 0.3) is 0 Å². The van der Waals surface area contributed by atoms with Crippen molar-refractivity contribution in [2.45, 2.75) is 25.1 Å². The van der Waals surface area contributed by atoms with Crippen LogP contribution in [0.1, 0.15) is 23.7 Å². The van der Waals surface area contributed by atoms with Gasteiger partial charge < -0.3 is 15.4 Å². The number of amides is 2. The fourth-order valence-corrected chi connectivity index (χ4v) is 3.22. The number of urea groups is 1. The second-order valence-electron chi connectivity index (χ2n) is 5.32. The van der Waals surface area contributed by atoms with Crippen molar-refractivity contribution in [3.05, 3.63) is 57.8 Å². The van der Waals surface area contributed by atoms with Crippen LogP contribution in [0.3, 0.4) is 0 Å². The minimum atomic E-state index is -0.918. The number of nitrogens with one attached hydrogen (secondary N) is 2. The Morgan fingerprint density at radius 2 is 2.17 bits per heavy atom. The molecule has 1 saturated heterocycles. The highest BCUT2D eigenvalue weighted by Gasteiger charge is 2.31. The van der Waals surface area contributed by atoms with Crippen LogP contribution in [-0.4, -0.2) is 18.7 Å². The number of hydrogen-bond acceptors (Lipinski definition) is 3. The molecule has 2 aromatic rings. The molecule has 1 aliphatic rings. The molecule has 0 aliphatic carbocycles. The van der Waals surface area contributed by atoms with Crippen LogP contribution in [0.4, 0.5) is 13.6 Å². The van der Waals surface area contributed by atoms with Crippen molar-refractivity contribution in [3.63, 3.8) is 0 Å². The zero-order chi connectivity index (χ0) is 16.2. The van der Waals surface area contributed by atoms with Gasteiger partial charge >= 0.3 is 6.03 Å². The molecule has 1 aliphatic heterocycles. The molecule has 1 fully saturated rings. The Kier molecular flexibility index (Phi) is 4.88. The first-order chi connectivity index (χ1) is 11.1. The predicted octanol–water partition coefficient (Wildman–Crippen LogP) is 3.36. The van der Waals surface area contributed by atoms with E-state index in [0.717, 1.165) is 17.7 Å². The molecular weight excluding hydrogens is 322 g/mol. The van der Waals surface area contributed by atoms with Crippen molar-refractivity contribution < 1.29 is 18.3 Å². The summed E-state index contributed by atoms with van der Waals surface area (Å²) >= 11 is 1.57. The summed E-state index contributed by atoms with van der Waals surface area (Å²) in [5.74, 6) is -1.82. The zero-order valence-electron chi connectivity index (χ0n) is 12.2. The molecule has 4 nitrogen and oxygen atoms in total. The standard InChI is InChI=1S/C16H16F2N2O2S/c17-12-2-1-11(7-13(12)18)15-14(3-5-22-15)20-16(21)19-8-10-4-6-23-9-10/h1-2,4,6-7,9,14-15H,3,5,8H2,(H2,19,20,21)/t14-,15+/m0/s1. The third-order valence-electron chi connectivity index (χ3n) is 3.71. The Labute approximate surface area is 136 Å². The summed E-state index contributed by atoms with van der Waals surface area (Å²) < 4.78 is 32.0. The van der Waals surface area contributed by atoms with Gasteiger partial charge in [-0.2, -0.15) is 11.3 Å². The number of rotatable bonds is 4. The molecule has 0 spiro atoms. The van der Waals surface area contributed by atoms with E-state index in [9.17, 15) is 13.6 Å². The molecule has 23 heavy (non-hydrogen) atoms. The minimum Gasteiger partial charge on any atom is -0.371 e. The Bertz CT molecular complexity index is 679. The van der Waals surface area contributed by atoms with Gasteiger partial charge in [0.05, 0.1) is 6.04 Å². The molecular formula is C16H16F2N2O2S.